The van der Waals surface area contributed by atoms with Gasteiger partial charge in [0.15, 0.2) is 0 Å². The van der Waals surface area contributed by atoms with Gasteiger partial charge in [0.2, 0.25) is 0 Å². The van der Waals surface area contributed by atoms with Crippen molar-refractivity contribution in [3.05, 3.63) is 58.7 Å². The van der Waals surface area contributed by atoms with Gasteiger partial charge in [0.1, 0.15) is 5.75 Å². The smallest absolute Gasteiger partial charge is 0.256 e. The number of carbonyl (C=O) groups excluding carboxylic acids is 2. The molecular weight excluding hydrogens is 368 g/mol. The van der Waals surface area contributed by atoms with Crippen LogP contribution in [0.1, 0.15) is 51.6 Å². The Morgan fingerprint density at radius 1 is 1.10 bits per heavy atom. The molecule has 0 aromatic heterocycles. The van der Waals surface area contributed by atoms with Crippen molar-refractivity contribution in [2.75, 3.05) is 38.7 Å². The molecule has 1 heterocycles. The van der Waals surface area contributed by atoms with E-state index in [0.29, 0.717) is 43.1 Å². The number of carbonyl (C=O) groups is 2. The van der Waals surface area contributed by atoms with Crippen LogP contribution in [0.15, 0.2) is 36.4 Å². The Bertz CT molecular complexity index is 902. The standard InChI is InChI=1S/C23H28N2O4/c1-15(2)18-14-19(16(3)13-21(18)28-4)22(26)24-20-8-6-5-7-17(20)23(27)25-9-11-29-12-10-25/h5-8,13-15H,9-12H2,1-4H3,(H,24,26). The molecule has 154 valence electrons. The Hall–Kier alpha value is -2.86. The highest BCUT2D eigenvalue weighted by molar-refractivity contribution is 6.09. The fraction of sp³-hybridized carbons (Fsp3) is 0.391. The number of ether oxygens (including phenoxy) is 2. The summed E-state index contributed by atoms with van der Waals surface area (Å²) < 4.78 is 10.8. The summed E-state index contributed by atoms with van der Waals surface area (Å²) in [4.78, 5) is 27.8. The molecule has 1 saturated heterocycles. The van der Waals surface area contributed by atoms with Crippen molar-refractivity contribution in [2.24, 2.45) is 0 Å². The summed E-state index contributed by atoms with van der Waals surface area (Å²) in [5, 5.41) is 2.93. The summed E-state index contributed by atoms with van der Waals surface area (Å²) in [7, 11) is 1.63. The second-order valence-electron chi connectivity index (χ2n) is 7.47. The van der Waals surface area contributed by atoms with Gasteiger partial charge in [-0.2, -0.15) is 0 Å². The molecule has 6 nitrogen and oxygen atoms in total. The van der Waals surface area contributed by atoms with Crippen molar-refractivity contribution in [2.45, 2.75) is 26.7 Å². The van der Waals surface area contributed by atoms with Gasteiger partial charge >= 0.3 is 0 Å². The fourth-order valence-electron chi connectivity index (χ4n) is 3.48. The Labute approximate surface area is 171 Å². The third-order valence-electron chi connectivity index (χ3n) is 5.15. The summed E-state index contributed by atoms with van der Waals surface area (Å²) in [5.41, 5.74) is 3.36. The van der Waals surface area contributed by atoms with Gasteiger partial charge < -0.3 is 19.7 Å². The van der Waals surface area contributed by atoms with E-state index in [1.807, 2.05) is 25.1 Å². The number of para-hydroxylation sites is 1. The fourth-order valence-corrected chi connectivity index (χ4v) is 3.48. The van der Waals surface area contributed by atoms with E-state index >= 15 is 0 Å². The third-order valence-corrected chi connectivity index (χ3v) is 5.15. The zero-order chi connectivity index (χ0) is 21.0. The minimum absolute atomic E-state index is 0.0986. The molecular formula is C23H28N2O4. The molecule has 0 aliphatic carbocycles. The largest absolute Gasteiger partial charge is 0.496 e. The predicted molar refractivity (Wildman–Crippen MR) is 113 cm³/mol. The number of methoxy groups -OCH3 is 1. The molecule has 6 heteroatoms. The maximum absolute atomic E-state index is 13.1. The summed E-state index contributed by atoms with van der Waals surface area (Å²) in [6.45, 7) is 8.17. The van der Waals surface area contributed by atoms with Crippen LogP contribution >= 0.6 is 0 Å². The van der Waals surface area contributed by atoms with Crippen molar-refractivity contribution in [3.8, 4) is 5.75 Å². The van der Waals surface area contributed by atoms with Crippen LogP contribution in [0.5, 0.6) is 5.75 Å². The Balaban J connectivity index is 1.88. The molecule has 2 amide bonds. The number of benzene rings is 2. The number of aryl methyl sites for hydroxylation is 1. The van der Waals surface area contributed by atoms with E-state index in [9.17, 15) is 9.59 Å². The zero-order valence-corrected chi connectivity index (χ0v) is 17.5. The molecule has 2 aromatic rings. The predicted octanol–water partition coefficient (Wildman–Crippen LogP) is 3.85. The zero-order valence-electron chi connectivity index (χ0n) is 17.5. The average molecular weight is 396 g/mol. The molecule has 0 unspecified atom stereocenters. The van der Waals surface area contributed by atoms with Gasteiger partial charge in [-0.05, 0) is 48.2 Å². The lowest BCUT2D eigenvalue weighted by Crippen LogP contribution is -2.41. The molecule has 2 aromatic carbocycles. The number of hydrogen-bond acceptors (Lipinski definition) is 4. The molecule has 1 N–H and O–H groups in total. The van der Waals surface area contributed by atoms with Crippen LogP contribution in [0, 0.1) is 6.92 Å². The molecule has 1 aliphatic heterocycles. The average Bonchev–Trinajstić information content (AvgIpc) is 2.73. The van der Waals surface area contributed by atoms with Gasteiger partial charge in [0, 0.05) is 18.7 Å². The van der Waals surface area contributed by atoms with Crippen molar-refractivity contribution in [3.63, 3.8) is 0 Å². The first-order chi connectivity index (χ1) is 13.9. The lowest BCUT2D eigenvalue weighted by Gasteiger charge is -2.27. The van der Waals surface area contributed by atoms with E-state index in [2.05, 4.69) is 19.2 Å². The maximum atomic E-state index is 13.1. The number of rotatable bonds is 5. The SMILES string of the molecule is COc1cc(C)c(C(=O)Nc2ccccc2C(=O)N2CCOCC2)cc1C(C)C. The first kappa shape index (κ1) is 20.9. The Morgan fingerprint density at radius 3 is 2.45 bits per heavy atom. The quantitative estimate of drug-likeness (QED) is 0.834. The Kier molecular flexibility index (Phi) is 6.54. The van der Waals surface area contributed by atoms with Crippen LogP contribution in [0.25, 0.3) is 0 Å². The minimum atomic E-state index is -0.241. The highest BCUT2D eigenvalue weighted by atomic mass is 16.5. The van der Waals surface area contributed by atoms with Crippen molar-refractivity contribution < 1.29 is 19.1 Å². The van der Waals surface area contributed by atoms with E-state index in [1.165, 1.54) is 0 Å². The summed E-state index contributed by atoms with van der Waals surface area (Å²) >= 11 is 0. The van der Waals surface area contributed by atoms with Gasteiger partial charge in [0.25, 0.3) is 11.8 Å². The molecule has 3 rings (SSSR count). The number of hydrogen-bond donors (Lipinski definition) is 1. The normalized spacial score (nSPS) is 14.0. The van der Waals surface area contributed by atoms with Gasteiger partial charge in [-0.15, -0.1) is 0 Å². The molecule has 29 heavy (non-hydrogen) atoms. The highest BCUT2D eigenvalue weighted by Gasteiger charge is 2.22. The van der Waals surface area contributed by atoms with E-state index in [-0.39, 0.29) is 17.7 Å². The number of anilines is 1. The molecule has 1 aliphatic rings. The van der Waals surface area contributed by atoms with Crippen molar-refractivity contribution in [1.29, 1.82) is 0 Å². The van der Waals surface area contributed by atoms with Crippen LogP contribution in [0.3, 0.4) is 0 Å². The Morgan fingerprint density at radius 2 is 1.79 bits per heavy atom. The van der Waals surface area contributed by atoms with Crippen molar-refractivity contribution >= 4 is 17.5 Å². The first-order valence-electron chi connectivity index (χ1n) is 9.88. The van der Waals surface area contributed by atoms with E-state index in [1.54, 1.807) is 30.2 Å². The van der Waals surface area contributed by atoms with Crippen LogP contribution < -0.4 is 10.1 Å². The van der Waals surface area contributed by atoms with Crippen LogP contribution in [0.4, 0.5) is 5.69 Å². The summed E-state index contributed by atoms with van der Waals surface area (Å²) in [6, 6.07) is 10.9. The van der Waals surface area contributed by atoms with Gasteiger partial charge in [-0.25, -0.2) is 0 Å². The summed E-state index contributed by atoms with van der Waals surface area (Å²) in [6.07, 6.45) is 0. The van der Waals surface area contributed by atoms with E-state index in [0.717, 1.165) is 16.9 Å². The highest BCUT2D eigenvalue weighted by Crippen LogP contribution is 2.30. The molecule has 0 radical (unpaired) electrons. The molecule has 0 saturated carbocycles. The van der Waals surface area contributed by atoms with E-state index < -0.39 is 0 Å². The molecule has 0 spiro atoms. The molecule has 0 bridgehead atoms. The van der Waals surface area contributed by atoms with Gasteiger partial charge in [-0.3, -0.25) is 9.59 Å². The summed E-state index contributed by atoms with van der Waals surface area (Å²) in [5.74, 6) is 0.650. The number of nitrogens with zero attached hydrogens (tertiary/aromatic N) is 1. The number of amides is 2. The van der Waals surface area contributed by atoms with E-state index in [4.69, 9.17) is 9.47 Å². The van der Waals surface area contributed by atoms with Crippen LogP contribution in [0.2, 0.25) is 0 Å². The number of nitrogens with one attached hydrogen (secondary N) is 1. The lowest BCUT2D eigenvalue weighted by atomic mass is 9.96. The maximum Gasteiger partial charge on any atom is 0.256 e. The second-order valence-corrected chi connectivity index (χ2v) is 7.47. The third kappa shape index (κ3) is 4.59. The molecule has 0 atom stereocenters. The second kappa shape index (κ2) is 9.09. The molecule has 1 fully saturated rings. The minimum Gasteiger partial charge on any atom is -0.496 e. The lowest BCUT2D eigenvalue weighted by molar-refractivity contribution is 0.0303. The first-order valence-corrected chi connectivity index (χ1v) is 9.88. The van der Waals surface area contributed by atoms with Crippen LogP contribution in [-0.4, -0.2) is 50.1 Å². The van der Waals surface area contributed by atoms with Crippen molar-refractivity contribution in [1.82, 2.24) is 4.90 Å². The van der Waals surface area contributed by atoms with Crippen LogP contribution in [-0.2, 0) is 4.74 Å². The monoisotopic (exact) mass is 396 g/mol. The number of morpholine rings is 1. The van der Waals surface area contributed by atoms with Gasteiger partial charge in [-0.1, -0.05) is 26.0 Å². The van der Waals surface area contributed by atoms with Gasteiger partial charge in [0.05, 0.1) is 31.6 Å². The topological polar surface area (TPSA) is 67.9 Å².